The molecule has 2 aromatic carbocycles. The van der Waals surface area contributed by atoms with Gasteiger partial charge in [0, 0.05) is 55.9 Å². The number of piperazine rings is 1. The summed E-state index contributed by atoms with van der Waals surface area (Å²) in [5, 5.41) is 1.38. The fraction of sp³-hybridized carbons (Fsp3) is 0.480. The molecule has 0 aliphatic carbocycles. The van der Waals surface area contributed by atoms with Gasteiger partial charge in [0.15, 0.2) is 0 Å². The van der Waals surface area contributed by atoms with Crippen LogP contribution in [0.5, 0.6) is 5.75 Å². The van der Waals surface area contributed by atoms with E-state index in [1.54, 1.807) is 12.1 Å². The normalized spacial score (nSPS) is 22.3. The lowest BCUT2D eigenvalue weighted by atomic mass is 9.96. The summed E-state index contributed by atoms with van der Waals surface area (Å²) in [6, 6.07) is 15.2. The zero-order valence-corrected chi connectivity index (χ0v) is 20.5. The molecule has 2 aromatic rings. The number of morpholine rings is 1. The second kappa shape index (κ2) is 11.1. The molecule has 2 aliphatic rings. The maximum atomic E-state index is 13.3. The average Bonchev–Trinajstić information content (AvgIpc) is 2.79. The van der Waals surface area contributed by atoms with Gasteiger partial charge in [0.1, 0.15) is 18.0 Å². The number of nitrogens with zero attached hydrogens (tertiary/aromatic N) is 3. The summed E-state index contributed by atoms with van der Waals surface area (Å²) in [6.45, 7) is 6.25. The molecule has 0 radical (unpaired) electrons. The minimum absolute atomic E-state index is 0.118. The summed E-state index contributed by atoms with van der Waals surface area (Å²) in [5.41, 5.74) is 0.416. The topological polar surface area (TPSA) is 45.2 Å². The van der Waals surface area contributed by atoms with Crippen molar-refractivity contribution in [1.29, 1.82) is 0 Å². The Morgan fingerprint density at radius 3 is 2.52 bits per heavy atom. The van der Waals surface area contributed by atoms with Crippen molar-refractivity contribution >= 4 is 29.1 Å². The van der Waals surface area contributed by atoms with Crippen LogP contribution in [0.25, 0.3) is 0 Å². The third-order valence-electron chi connectivity index (χ3n) is 6.27. The highest BCUT2D eigenvalue weighted by Crippen LogP contribution is 2.27. The molecular weight excluding hydrogens is 461 g/mol. The molecule has 2 fully saturated rings. The highest BCUT2D eigenvalue weighted by Gasteiger charge is 2.41. The van der Waals surface area contributed by atoms with Gasteiger partial charge in [0.25, 0.3) is 0 Å². The van der Waals surface area contributed by atoms with Crippen LogP contribution in [0.15, 0.2) is 48.5 Å². The molecule has 2 aliphatic heterocycles. The zero-order valence-electron chi connectivity index (χ0n) is 19.0. The molecule has 8 heteroatoms. The second-order valence-electron chi connectivity index (χ2n) is 8.98. The first-order valence-electron chi connectivity index (χ1n) is 11.4. The summed E-state index contributed by atoms with van der Waals surface area (Å²) < 4.78 is 12.4. The third-order valence-corrected chi connectivity index (χ3v) is 6.75. The Labute approximate surface area is 205 Å². The van der Waals surface area contributed by atoms with Gasteiger partial charge in [-0.25, -0.2) is 0 Å². The molecule has 6 nitrogen and oxygen atoms in total. The van der Waals surface area contributed by atoms with Crippen molar-refractivity contribution in [2.75, 3.05) is 59.5 Å². The lowest BCUT2D eigenvalue weighted by Gasteiger charge is -2.43. The SMILES string of the molecule is CN1CCN(C(=O)CC2(COc3ccc(Cl)cc3)CN(Cc3cccc(Cl)c3)CCO2)CC1. The van der Waals surface area contributed by atoms with Crippen LogP contribution < -0.4 is 4.74 Å². The van der Waals surface area contributed by atoms with Gasteiger partial charge in [-0.15, -0.1) is 0 Å². The van der Waals surface area contributed by atoms with E-state index >= 15 is 0 Å². The zero-order chi connectivity index (χ0) is 23.3. The van der Waals surface area contributed by atoms with E-state index in [0.29, 0.717) is 30.5 Å². The summed E-state index contributed by atoms with van der Waals surface area (Å²) >= 11 is 12.2. The van der Waals surface area contributed by atoms with Crippen molar-refractivity contribution in [3.05, 3.63) is 64.1 Å². The fourth-order valence-corrected chi connectivity index (χ4v) is 4.73. The number of carbonyl (C=O) groups is 1. The Morgan fingerprint density at radius 1 is 1.03 bits per heavy atom. The number of amides is 1. The monoisotopic (exact) mass is 491 g/mol. The number of rotatable bonds is 7. The standard InChI is InChI=1S/C25H31Cl2N3O3/c1-28-9-11-30(12-10-28)24(31)16-25(19-32-23-7-5-21(26)6-8-23)18-29(13-14-33-25)17-20-3-2-4-22(27)15-20/h2-8,15H,9-14,16-19H2,1H3. The van der Waals surface area contributed by atoms with Gasteiger partial charge in [-0.3, -0.25) is 9.69 Å². The van der Waals surface area contributed by atoms with Crippen molar-refractivity contribution in [3.8, 4) is 5.75 Å². The van der Waals surface area contributed by atoms with Gasteiger partial charge >= 0.3 is 0 Å². The van der Waals surface area contributed by atoms with Crippen molar-refractivity contribution in [3.63, 3.8) is 0 Å². The Kier molecular flexibility index (Phi) is 8.15. The molecule has 0 spiro atoms. The molecular formula is C25H31Cl2N3O3. The van der Waals surface area contributed by atoms with Crippen LogP contribution in [0, 0.1) is 0 Å². The van der Waals surface area contributed by atoms with E-state index < -0.39 is 5.60 Å². The minimum Gasteiger partial charge on any atom is -0.491 e. The number of halogens is 2. The highest BCUT2D eigenvalue weighted by molar-refractivity contribution is 6.30. The number of hydrogen-bond donors (Lipinski definition) is 0. The summed E-state index contributed by atoms with van der Waals surface area (Å²) in [6.07, 6.45) is 0.288. The molecule has 0 bridgehead atoms. The van der Waals surface area contributed by atoms with Crippen molar-refractivity contribution < 1.29 is 14.3 Å². The van der Waals surface area contributed by atoms with E-state index in [2.05, 4.69) is 22.9 Å². The van der Waals surface area contributed by atoms with Crippen LogP contribution >= 0.6 is 23.2 Å². The molecule has 1 unspecified atom stereocenters. The predicted octanol–water partition coefficient (Wildman–Crippen LogP) is 3.81. The molecule has 178 valence electrons. The van der Waals surface area contributed by atoms with Crippen molar-refractivity contribution in [2.45, 2.75) is 18.6 Å². The van der Waals surface area contributed by atoms with E-state index in [1.807, 2.05) is 35.2 Å². The quantitative estimate of drug-likeness (QED) is 0.589. The number of ether oxygens (including phenoxy) is 2. The largest absolute Gasteiger partial charge is 0.491 e. The molecule has 1 amide bonds. The Bertz CT molecular complexity index is 935. The maximum Gasteiger partial charge on any atom is 0.225 e. The number of carbonyl (C=O) groups excluding carboxylic acids is 1. The lowest BCUT2D eigenvalue weighted by molar-refractivity contribution is -0.157. The highest BCUT2D eigenvalue weighted by atomic mass is 35.5. The van der Waals surface area contributed by atoms with E-state index in [1.165, 1.54) is 0 Å². The van der Waals surface area contributed by atoms with Gasteiger partial charge in [0.2, 0.25) is 5.91 Å². The van der Waals surface area contributed by atoms with E-state index in [9.17, 15) is 4.79 Å². The maximum absolute atomic E-state index is 13.3. The number of benzene rings is 2. The third kappa shape index (κ3) is 6.84. The second-order valence-corrected chi connectivity index (χ2v) is 9.85. The van der Waals surface area contributed by atoms with Crippen LogP contribution in [-0.4, -0.2) is 85.7 Å². The van der Waals surface area contributed by atoms with Crippen LogP contribution in [0.3, 0.4) is 0 Å². The average molecular weight is 492 g/mol. The Hall–Kier alpha value is -1.83. The summed E-state index contributed by atoms with van der Waals surface area (Å²) in [5.74, 6) is 0.828. The molecule has 33 heavy (non-hydrogen) atoms. The molecule has 4 rings (SSSR count). The fourth-order valence-electron chi connectivity index (χ4n) is 4.39. The van der Waals surface area contributed by atoms with E-state index in [0.717, 1.165) is 49.9 Å². The lowest BCUT2D eigenvalue weighted by Crippen LogP contribution is -2.58. The summed E-state index contributed by atoms with van der Waals surface area (Å²) in [7, 11) is 2.08. The van der Waals surface area contributed by atoms with Crippen LogP contribution in [0.4, 0.5) is 0 Å². The Morgan fingerprint density at radius 2 is 1.79 bits per heavy atom. The molecule has 0 saturated carbocycles. The summed E-state index contributed by atoms with van der Waals surface area (Å²) in [4.78, 5) is 19.8. The molecule has 1 atom stereocenters. The van der Waals surface area contributed by atoms with Crippen molar-refractivity contribution in [2.24, 2.45) is 0 Å². The first-order chi connectivity index (χ1) is 15.9. The van der Waals surface area contributed by atoms with Gasteiger partial charge in [-0.05, 0) is 49.0 Å². The first-order valence-corrected chi connectivity index (χ1v) is 12.1. The van der Waals surface area contributed by atoms with Crippen LogP contribution in [0.2, 0.25) is 10.0 Å². The number of hydrogen-bond acceptors (Lipinski definition) is 5. The van der Waals surface area contributed by atoms with E-state index in [-0.39, 0.29) is 12.3 Å². The van der Waals surface area contributed by atoms with Crippen molar-refractivity contribution in [1.82, 2.24) is 14.7 Å². The smallest absolute Gasteiger partial charge is 0.225 e. The first kappa shape index (κ1) is 24.3. The predicted molar refractivity (Wildman–Crippen MR) is 131 cm³/mol. The molecule has 0 aromatic heterocycles. The van der Waals surface area contributed by atoms with E-state index in [4.69, 9.17) is 32.7 Å². The molecule has 2 heterocycles. The van der Waals surface area contributed by atoms with Gasteiger partial charge < -0.3 is 19.3 Å². The van der Waals surface area contributed by atoms with Crippen LogP contribution in [-0.2, 0) is 16.1 Å². The minimum atomic E-state index is -0.725. The van der Waals surface area contributed by atoms with Crippen LogP contribution in [0.1, 0.15) is 12.0 Å². The van der Waals surface area contributed by atoms with Gasteiger partial charge in [-0.1, -0.05) is 35.3 Å². The number of likely N-dealkylation sites (N-methyl/N-ethyl adjacent to an activating group) is 1. The Balaban J connectivity index is 1.48. The molecule has 0 N–H and O–H groups in total. The van der Waals surface area contributed by atoms with Gasteiger partial charge in [-0.2, -0.15) is 0 Å². The van der Waals surface area contributed by atoms with Gasteiger partial charge in [0.05, 0.1) is 13.0 Å². The molecule has 2 saturated heterocycles.